The molecule has 0 radical (unpaired) electrons. The van der Waals surface area contributed by atoms with Gasteiger partial charge in [0.05, 0.1) is 12.6 Å². The van der Waals surface area contributed by atoms with Gasteiger partial charge in [0, 0.05) is 27.2 Å². The fourth-order valence-electron chi connectivity index (χ4n) is 2.97. The fraction of sp³-hybridized carbons (Fsp3) is 0.600. The van der Waals surface area contributed by atoms with Crippen LogP contribution < -0.4 is 11.5 Å². The number of hydrogen-bond acceptors (Lipinski definition) is 17. The summed E-state index contributed by atoms with van der Waals surface area (Å²) in [6, 6.07) is -0.907. The Morgan fingerprint density at radius 2 is 1.68 bits per heavy atom. The molecule has 3 rings (SSSR count). The summed E-state index contributed by atoms with van der Waals surface area (Å²) in [5.74, 6) is 0.254. The van der Waals surface area contributed by atoms with E-state index in [-0.39, 0.29) is 16.7 Å². The highest BCUT2D eigenvalue weighted by atomic mass is 32.3. The lowest BCUT2D eigenvalue weighted by atomic mass is 10.1. The molecule has 1 aliphatic rings. The number of ether oxygens (including phenoxy) is 1. The SMILES string of the molecule is C[S+](CC[C@H](N)C(=O)O)C[C@H]1O[C@@H](n2cnc3c(N)ncnc32)[C@H](O)[C@@H]1O.O=S(=O)([O-])[O-].O=S(=O)([O-])[O-]. The Bertz CT molecular complexity index is 1210. The summed E-state index contributed by atoms with van der Waals surface area (Å²) in [5, 5.41) is 29.7. The second-order valence-corrected chi connectivity index (χ2v) is 11.3. The number of carbonyl (C=O) groups is 1. The maximum Gasteiger partial charge on any atom is 0.320 e. The highest BCUT2D eigenvalue weighted by Gasteiger charge is 2.46. The molecule has 0 spiro atoms. The first kappa shape index (κ1) is 32.8. The van der Waals surface area contributed by atoms with E-state index in [0.717, 1.165) is 0 Å². The first-order valence-corrected chi connectivity index (χ1v) is 14.3. The molecule has 0 aliphatic carbocycles. The van der Waals surface area contributed by atoms with Crippen molar-refractivity contribution in [1.82, 2.24) is 19.5 Å². The number of carboxylic acid groups (broad SMARTS) is 1. The number of hydrogen-bond donors (Lipinski definition) is 5. The number of nitrogen functional groups attached to an aromatic ring is 1. The lowest BCUT2D eigenvalue weighted by Crippen LogP contribution is -2.37. The van der Waals surface area contributed by atoms with Gasteiger partial charge in [0.25, 0.3) is 0 Å². The molecule has 7 N–H and O–H groups in total. The van der Waals surface area contributed by atoms with Crippen LogP contribution >= 0.6 is 0 Å². The van der Waals surface area contributed by atoms with E-state index in [1.165, 1.54) is 17.2 Å². The van der Waals surface area contributed by atoms with Gasteiger partial charge in [-0.1, -0.05) is 0 Å². The molecule has 37 heavy (non-hydrogen) atoms. The maximum absolute atomic E-state index is 10.8. The van der Waals surface area contributed by atoms with E-state index in [1.54, 1.807) is 0 Å². The third-order valence-electron chi connectivity index (χ3n) is 4.54. The average Bonchev–Trinajstić information content (AvgIpc) is 3.27. The van der Waals surface area contributed by atoms with Crippen molar-refractivity contribution in [3.63, 3.8) is 0 Å². The van der Waals surface area contributed by atoms with Gasteiger partial charge >= 0.3 is 5.97 Å². The van der Waals surface area contributed by atoms with Crippen LogP contribution in [0.2, 0.25) is 0 Å². The summed E-state index contributed by atoms with van der Waals surface area (Å²) in [7, 11) is -10.6. The second-order valence-electron chi connectivity index (χ2n) is 7.33. The molecule has 1 unspecified atom stereocenters. The van der Waals surface area contributed by atoms with Crippen molar-refractivity contribution in [3.05, 3.63) is 12.7 Å². The summed E-state index contributed by atoms with van der Waals surface area (Å²) in [6.45, 7) is 0. The number of nitrogens with zero attached hydrogens (tertiary/aromatic N) is 4. The minimum atomic E-state index is -5.17. The molecule has 0 aromatic carbocycles. The second kappa shape index (κ2) is 13.5. The van der Waals surface area contributed by atoms with Crippen molar-refractivity contribution >= 4 is 54.6 Å². The topological polar surface area (TPSA) is 343 Å². The number of aliphatic hydroxyl groups excluding tert-OH is 2. The van der Waals surface area contributed by atoms with Crippen molar-refractivity contribution in [2.45, 2.75) is 37.0 Å². The van der Waals surface area contributed by atoms with Crippen molar-refractivity contribution in [3.8, 4) is 0 Å². The summed E-state index contributed by atoms with van der Waals surface area (Å²) >= 11 is 0. The number of anilines is 1. The van der Waals surface area contributed by atoms with Crippen LogP contribution in [0.1, 0.15) is 12.6 Å². The lowest BCUT2D eigenvalue weighted by molar-refractivity contribution is -0.138. The van der Waals surface area contributed by atoms with Crippen LogP contribution in [0.3, 0.4) is 0 Å². The van der Waals surface area contributed by atoms with Crippen LogP contribution in [-0.4, -0.2) is 118 Å². The van der Waals surface area contributed by atoms with E-state index in [0.29, 0.717) is 29.1 Å². The largest absolute Gasteiger partial charge is 0.759 e. The summed E-state index contributed by atoms with van der Waals surface area (Å²) in [5.41, 5.74) is 12.1. The van der Waals surface area contributed by atoms with Crippen molar-refractivity contribution in [1.29, 1.82) is 0 Å². The van der Waals surface area contributed by atoms with Crippen molar-refractivity contribution in [2.24, 2.45) is 5.73 Å². The zero-order chi connectivity index (χ0) is 28.7. The van der Waals surface area contributed by atoms with Crippen LogP contribution in [-0.2, 0) is 41.2 Å². The smallest absolute Gasteiger partial charge is 0.320 e. The molecule has 0 amide bonds. The van der Waals surface area contributed by atoms with Crippen LogP contribution in [0.5, 0.6) is 0 Å². The molecule has 6 atom stereocenters. The van der Waals surface area contributed by atoms with Gasteiger partial charge in [-0.2, -0.15) is 0 Å². The molecule has 2 aromatic rings. The Hall–Kier alpha value is -2.25. The number of aromatic nitrogens is 4. The van der Waals surface area contributed by atoms with Gasteiger partial charge in [-0.05, 0) is 10.9 Å². The predicted octanol–water partition coefficient (Wildman–Crippen LogP) is -4.60. The Morgan fingerprint density at radius 1 is 1.14 bits per heavy atom. The standard InChI is InChI=1S/C15H22N6O5S.2H2O4S/c1-27(3-2-7(16)15(24)25)4-8-10(22)11(23)14(26-8)21-6-20-9-12(17)18-5-19-13(9)21;2*1-5(2,3)4/h5-8,10-11,14,22-23H,2-4,16H2,1H3,(H2-,17,18,19,24,25);2*(H2,1,2,3,4)/p-3/t7-,8+,10+,11+,14+,27?;;/m0../s1. The minimum absolute atomic E-state index is 0.216. The molecule has 19 nitrogen and oxygen atoms in total. The van der Waals surface area contributed by atoms with Gasteiger partial charge in [-0.25, -0.2) is 15.0 Å². The number of nitrogens with two attached hydrogens (primary N) is 2. The number of rotatable bonds is 7. The van der Waals surface area contributed by atoms with Crippen LogP contribution in [0.4, 0.5) is 5.82 Å². The monoisotopic (exact) mass is 591 g/mol. The number of fused-ring (bicyclic) bond motifs is 1. The summed E-state index contributed by atoms with van der Waals surface area (Å²) in [6.07, 6.45) is 1.31. The lowest BCUT2D eigenvalue weighted by Gasteiger charge is -2.16. The highest BCUT2D eigenvalue weighted by Crippen LogP contribution is 2.32. The third kappa shape index (κ3) is 11.8. The van der Waals surface area contributed by atoms with Gasteiger partial charge in [0.1, 0.15) is 47.7 Å². The number of carboxylic acids is 1. The van der Waals surface area contributed by atoms with Crippen molar-refractivity contribution in [2.75, 3.05) is 23.5 Å². The van der Waals surface area contributed by atoms with Gasteiger partial charge in [0.2, 0.25) is 0 Å². The Labute approximate surface area is 213 Å². The van der Waals surface area contributed by atoms with Gasteiger partial charge in [0.15, 0.2) is 17.7 Å². The quantitative estimate of drug-likeness (QED) is 0.115. The number of imidazole rings is 1. The molecule has 22 heteroatoms. The van der Waals surface area contributed by atoms with E-state index >= 15 is 0 Å². The minimum Gasteiger partial charge on any atom is -0.759 e. The average molecular weight is 592 g/mol. The predicted molar refractivity (Wildman–Crippen MR) is 120 cm³/mol. The van der Waals surface area contributed by atoms with E-state index in [9.17, 15) is 15.0 Å². The van der Waals surface area contributed by atoms with Gasteiger partial charge in [-0.15, -0.1) is 0 Å². The van der Waals surface area contributed by atoms with Gasteiger partial charge < -0.3 is 49.7 Å². The molecule has 2 aromatic heterocycles. The fourth-order valence-corrected chi connectivity index (χ4v) is 4.63. The Kier molecular flexibility index (Phi) is 12.0. The molecule has 1 saturated heterocycles. The van der Waals surface area contributed by atoms with Crippen LogP contribution in [0, 0.1) is 0 Å². The molecular weight excluding hydrogens is 568 g/mol. The normalized spacial score (nSPS) is 23.4. The first-order chi connectivity index (χ1) is 16.8. The highest BCUT2D eigenvalue weighted by molar-refractivity contribution is 7.96. The molecule has 3 heterocycles. The van der Waals surface area contributed by atoms with E-state index in [1.807, 2.05) is 6.26 Å². The zero-order valence-electron chi connectivity index (χ0n) is 18.8. The molecule has 1 aliphatic heterocycles. The third-order valence-corrected chi connectivity index (χ3v) is 6.37. The molecule has 212 valence electrons. The Morgan fingerprint density at radius 3 is 2.19 bits per heavy atom. The van der Waals surface area contributed by atoms with E-state index in [2.05, 4.69) is 15.0 Å². The van der Waals surface area contributed by atoms with Crippen LogP contribution in [0.15, 0.2) is 12.7 Å². The van der Waals surface area contributed by atoms with E-state index in [4.69, 9.17) is 56.4 Å². The summed E-state index contributed by atoms with van der Waals surface area (Å²) in [4.78, 5) is 23.0. The molecule has 0 bridgehead atoms. The Balaban J connectivity index is 0.000000583. The maximum atomic E-state index is 10.8. The number of aliphatic hydroxyl groups is 2. The molecular formula is C15H23N6O13S3-3. The van der Waals surface area contributed by atoms with Gasteiger partial charge in [-0.3, -0.25) is 26.2 Å². The number of aliphatic carboxylic acids is 1. The molecule has 1 fully saturated rings. The van der Waals surface area contributed by atoms with E-state index < -0.39 is 57.3 Å². The summed E-state index contributed by atoms with van der Waals surface area (Å²) < 4.78 is 75.6. The first-order valence-electron chi connectivity index (χ1n) is 9.65. The zero-order valence-corrected chi connectivity index (χ0v) is 21.2. The van der Waals surface area contributed by atoms with Crippen LogP contribution in [0.25, 0.3) is 11.2 Å². The van der Waals surface area contributed by atoms with Crippen molar-refractivity contribution < 1.29 is 59.9 Å². The molecule has 0 saturated carbocycles.